The fourth-order valence-corrected chi connectivity index (χ4v) is 1.02. The van der Waals surface area contributed by atoms with Gasteiger partial charge in [-0.05, 0) is 25.8 Å². The summed E-state index contributed by atoms with van der Waals surface area (Å²) in [6.07, 6.45) is 3.07. The Kier molecular flexibility index (Phi) is 7.23. The minimum atomic E-state index is -0.0169. The molecule has 0 bridgehead atoms. The van der Waals surface area contributed by atoms with E-state index in [1.54, 1.807) is 0 Å². The molecule has 0 radical (unpaired) electrons. The molecule has 0 aromatic carbocycles. The summed E-state index contributed by atoms with van der Waals surface area (Å²) in [6, 6.07) is 0. The molecule has 0 heterocycles. The third kappa shape index (κ3) is 8.22. The van der Waals surface area contributed by atoms with Crippen molar-refractivity contribution in [2.75, 3.05) is 26.3 Å². The van der Waals surface area contributed by atoms with Gasteiger partial charge in [0, 0.05) is 25.2 Å². The van der Waals surface area contributed by atoms with Crippen LogP contribution in [0.2, 0.25) is 0 Å². The first kappa shape index (κ1) is 12.9. The number of rotatable bonds is 8. The SMILES string of the molecule is CC(C)(CO)CNCCCCCO. The number of aliphatic hydroxyl groups excluding tert-OH is 2. The number of nitrogens with one attached hydrogen (secondary N) is 1. The number of unbranched alkanes of at least 4 members (excludes halogenated alkanes) is 2. The van der Waals surface area contributed by atoms with E-state index in [9.17, 15) is 0 Å². The van der Waals surface area contributed by atoms with Crippen molar-refractivity contribution in [2.45, 2.75) is 33.1 Å². The lowest BCUT2D eigenvalue weighted by Gasteiger charge is -2.21. The van der Waals surface area contributed by atoms with Crippen LogP contribution in [0.5, 0.6) is 0 Å². The van der Waals surface area contributed by atoms with Crippen molar-refractivity contribution < 1.29 is 10.2 Å². The summed E-state index contributed by atoms with van der Waals surface area (Å²) in [5.74, 6) is 0. The summed E-state index contributed by atoms with van der Waals surface area (Å²) in [5, 5.41) is 20.8. The molecular weight excluding hydrogens is 166 g/mol. The first-order valence-corrected chi connectivity index (χ1v) is 5.05. The molecule has 0 atom stereocenters. The summed E-state index contributed by atoms with van der Waals surface area (Å²) >= 11 is 0. The number of hydrogen-bond acceptors (Lipinski definition) is 3. The Morgan fingerprint density at radius 2 is 1.77 bits per heavy atom. The first-order valence-electron chi connectivity index (χ1n) is 5.05. The van der Waals surface area contributed by atoms with Gasteiger partial charge in [0.15, 0.2) is 0 Å². The molecule has 0 unspecified atom stereocenters. The van der Waals surface area contributed by atoms with Crippen LogP contribution in [0.4, 0.5) is 0 Å². The van der Waals surface area contributed by atoms with Crippen LogP contribution < -0.4 is 5.32 Å². The van der Waals surface area contributed by atoms with Crippen LogP contribution in [0.25, 0.3) is 0 Å². The molecule has 0 amide bonds. The maximum absolute atomic E-state index is 8.96. The van der Waals surface area contributed by atoms with Gasteiger partial charge in [0.2, 0.25) is 0 Å². The van der Waals surface area contributed by atoms with Crippen molar-refractivity contribution in [3.8, 4) is 0 Å². The second kappa shape index (κ2) is 7.30. The molecule has 0 aliphatic carbocycles. The van der Waals surface area contributed by atoms with Crippen LogP contribution in [0.3, 0.4) is 0 Å². The van der Waals surface area contributed by atoms with Crippen LogP contribution in [0, 0.1) is 5.41 Å². The molecule has 0 saturated heterocycles. The molecule has 3 nitrogen and oxygen atoms in total. The molecule has 0 fully saturated rings. The van der Waals surface area contributed by atoms with Crippen molar-refractivity contribution in [2.24, 2.45) is 5.41 Å². The average Bonchev–Trinajstić information content (AvgIpc) is 2.11. The standard InChI is InChI=1S/C10H23NO2/c1-10(2,9-13)8-11-6-4-3-5-7-12/h11-13H,3-9H2,1-2H3. The van der Waals surface area contributed by atoms with Gasteiger partial charge in [-0.25, -0.2) is 0 Å². The predicted octanol–water partition coefficient (Wildman–Crippen LogP) is 0.757. The monoisotopic (exact) mass is 189 g/mol. The Morgan fingerprint density at radius 3 is 2.31 bits per heavy atom. The van der Waals surface area contributed by atoms with Gasteiger partial charge < -0.3 is 15.5 Å². The highest BCUT2D eigenvalue weighted by Crippen LogP contribution is 2.10. The zero-order chi connectivity index (χ0) is 10.2. The van der Waals surface area contributed by atoms with E-state index in [0.29, 0.717) is 6.61 Å². The minimum Gasteiger partial charge on any atom is -0.396 e. The van der Waals surface area contributed by atoms with Crippen molar-refractivity contribution in [3.05, 3.63) is 0 Å². The third-order valence-electron chi connectivity index (χ3n) is 2.04. The van der Waals surface area contributed by atoms with Crippen LogP contribution in [0.1, 0.15) is 33.1 Å². The summed E-state index contributed by atoms with van der Waals surface area (Å²) < 4.78 is 0. The minimum absolute atomic E-state index is 0.0169. The summed E-state index contributed by atoms with van der Waals surface area (Å²) in [4.78, 5) is 0. The van der Waals surface area contributed by atoms with Crippen molar-refractivity contribution >= 4 is 0 Å². The lowest BCUT2D eigenvalue weighted by Crippen LogP contribution is -2.32. The van der Waals surface area contributed by atoms with Crippen molar-refractivity contribution in [1.29, 1.82) is 0 Å². The molecule has 0 aromatic rings. The van der Waals surface area contributed by atoms with Crippen LogP contribution in [-0.2, 0) is 0 Å². The Bertz CT molecular complexity index is 115. The highest BCUT2D eigenvalue weighted by molar-refractivity contribution is 4.69. The molecule has 3 heteroatoms. The van der Waals surface area contributed by atoms with Gasteiger partial charge in [0.1, 0.15) is 0 Å². The zero-order valence-corrected chi connectivity index (χ0v) is 8.84. The molecule has 0 aromatic heterocycles. The maximum atomic E-state index is 8.96. The van der Waals surface area contributed by atoms with E-state index in [-0.39, 0.29) is 12.0 Å². The zero-order valence-electron chi connectivity index (χ0n) is 8.84. The van der Waals surface area contributed by atoms with E-state index in [1.165, 1.54) is 0 Å². The van der Waals surface area contributed by atoms with Crippen LogP contribution in [0.15, 0.2) is 0 Å². The van der Waals surface area contributed by atoms with Crippen molar-refractivity contribution in [1.82, 2.24) is 5.32 Å². The van der Waals surface area contributed by atoms with Gasteiger partial charge in [0.25, 0.3) is 0 Å². The van der Waals surface area contributed by atoms with Crippen molar-refractivity contribution in [3.63, 3.8) is 0 Å². The molecule has 3 N–H and O–H groups in total. The predicted molar refractivity (Wildman–Crippen MR) is 54.7 cm³/mol. The molecular formula is C10H23NO2. The maximum Gasteiger partial charge on any atom is 0.0494 e. The van der Waals surface area contributed by atoms with E-state index < -0.39 is 0 Å². The lowest BCUT2D eigenvalue weighted by atomic mass is 9.95. The fourth-order valence-electron chi connectivity index (χ4n) is 1.02. The highest BCUT2D eigenvalue weighted by atomic mass is 16.3. The van der Waals surface area contributed by atoms with Crippen LogP contribution >= 0.6 is 0 Å². The van der Waals surface area contributed by atoms with Gasteiger partial charge in [-0.2, -0.15) is 0 Å². The second-order valence-corrected chi connectivity index (χ2v) is 4.28. The van der Waals surface area contributed by atoms with E-state index in [0.717, 1.165) is 32.4 Å². The molecule has 0 aliphatic rings. The Labute approximate surface area is 81.2 Å². The summed E-state index contributed by atoms with van der Waals surface area (Å²) in [7, 11) is 0. The smallest absolute Gasteiger partial charge is 0.0494 e. The second-order valence-electron chi connectivity index (χ2n) is 4.28. The lowest BCUT2D eigenvalue weighted by molar-refractivity contribution is 0.157. The number of hydrogen-bond donors (Lipinski definition) is 3. The summed E-state index contributed by atoms with van der Waals surface area (Å²) in [6.45, 7) is 6.41. The first-order chi connectivity index (χ1) is 6.12. The molecule has 0 saturated carbocycles. The quantitative estimate of drug-likeness (QED) is 0.494. The Balaban J connectivity index is 3.16. The fraction of sp³-hybridized carbons (Fsp3) is 1.00. The largest absolute Gasteiger partial charge is 0.396 e. The van der Waals surface area contributed by atoms with Crippen LogP contribution in [-0.4, -0.2) is 36.5 Å². The van der Waals surface area contributed by atoms with E-state index in [2.05, 4.69) is 5.32 Å². The highest BCUT2D eigenvalue weighted by Gasteiger charge is 2.14. The van der Waals surface area contributed by atoms with Gasteiger partial charge in [-0.3, -0.25) is 0 Å². The van der Waals surface area contributed by atoms with Gasteiger partial charge in [-0.1, -0.05) is 13.8 Å². The molecule has 0 aliphatic heterocycles. The van der Waals surface area contributed by atoms with Gasteiger partial charge in [-0.15, -0.1) is 0 Å². The molecule has 0 rings (SSSR count). The molecule has 0 spiro atoms. The van der Waals surface area contributed by atoms with E-state index in [4.69, 9.17) is 10.2 Å². The summed E-state index contributed by atoms with van der Waals surface area (Å²) in [5.41, 5.74) is -0.0169. The van der Waals surface area contributed by atoms with E-state index in [1.807, 2.05) is 13.8 Å². The third-order valence-corrected chi connectivity index (χ3v) is 2.04. The topological polar surface area (TPSA) is 52.5 Å². The normalized spacial score (nSPS) is 12.0. The van der Waals surface area contributed by atoms with E-state index >= 15 is 0 Å². The molecule has 80 valence electrons. The Morgan fingerprint density at radius 1 is 1.08 bits per heavy atom. The van der Waals surface area contributed by atoms with Gasteiger partial charge in [0.05, 0.1) is 0 Å². The molecule has 13 heavy (non-hydrogen) atoms. The average molecular weight is 189 g/mol. The number of aliphatic hydroxyl groups is 2. The Hall–Kier alpha value is -0.120. The van der Waals surface area contributed by atoms with Gasteiger partial charge >= 0.3 is 0 Å².